The van der Waals surface area contributed by atoms with Gasteiger partial charge in [0.25, 0.3) is 0 Å². The van der Waals surface area contributed by atoms with Crippen molar-refractivity contribution < 1.29 is 0 Å². The molecule has 0 N–H and O–H groups in total. The summed E-state index contributed by atoms with van der Waals surface area (Å²) in [6, 6.07) is 88.5. The minimum Gasteiger partial charge on any atom is -0.0654 e. The zero-order chi connectivity index (χ0) is 81.9. The smallest absolute Gasteiger partial charge is 0.0215 e. The van der Waals surface area contributed by atoms with Crippen molar-refractivity contribution in [3.05, 3.63) is 274 Å². The molecule has 0 bridgehead atoms. The van der Waals surface area contributed by atoms with Gasteiger partial charge >= 0.3 is 0 Å². The summed E-state index contributed by atoms with van der Waals surface area (Å²) in [6.07, 6.45) is 35.9. The van der Waals surface area contributed by atoms with Gasteiger partial charge in [0.15, 0.2) is 0 Å². The van der Waals surface area contributed by atoms with Gasteiger partial charge in [-0.15, -0.1) is 0 Å². The molecular formula is C118H134. The molecule has 0 saturated carbocycles. The van der Waals surface area contributed by atoms with Crippen molar-refractivity contribution >= 4 is 43.1 Å². The van der Waals surface area contributed by atoms with Gasteiger partial charge in [-0.3, -0.25) is 0 Å². The third kappa shape index (κ3) is 14.4. The molecule has 0 saturated heterocycles. The SMILES string of the molecule is CCCCCCCCC1(CCCCCCCC)c2cc3c(cc2-c2cc4c(cc21)-c1cc2c(cc1C4(CCCCCCCC)CCCCCCCC)-c1c(cc(-c4ccc(-c5ccc(C(C)(C)C)c6ccccc56)cc4)c4ccccc14)C2(C)C)C(C)(C)c1cc(-c2ccc(-c4ccc(C(C)(C)C)c5ccccc45)cc2)c2ccccc2c1-3. The van der Waals surface area contributed by atoms with Gasteiger partial charge in [0, 0.05) is 21.7 Å². The third-order valence-electron chi connectivity index (χ3n) is 29.7. The van der Waals surface area contributed by atoms with Gasteiger partial charge in [0.05, 0.1) is 0 Å². The topological polar surface area (TPSA) is 0 Å². The van der Waals surface area contributed by atoms with Crippen LogP contribution in [0.2, 0.25) is 0 Å². The maximum atomic E-state index is 2.95. The summed E-state index contributed by atoms with van der Waals surface area (Å²) < 4.78 is 0. The highest BCUT2D eigenvalue weighted by atomic mass is 14.5. The second-order valence-corrected chi connectivity index (χ2v) is 40.2. The molecule has 4 aliphatic rings. The summed E-state index contributed by atoms with van der Waals surface area (Å²) in [5, 5.41) is 10.8. The molecule has 4 aliphatic carbocycles. The van der Waals surface area contributed by atoms with Crippen molar-refractivity contribution in [2.75, 3.05) is 0 Å². The van der Waals surface area contributed by atoms with Gasteiger partial charge in [-0.1, -0.05) is 421 Å². The lowest BCUT2D eigenvalue weighted by molar-refractivity contribution is 0.394. The van der Waals surface area contributed by atoms with Crippen LogP contribution in [-0.2, 0) is 32.5 Å². The average molecular weight is 1550 g/mol. The van der Waals surface area contributed by atoms with E-state index < -0.39 is 0 Å². The van der Waals surface area contributed by atoms with E-state index in [0.717, 1.165) is 0 Å². The molecule has 13 aromatic carbocycles. The lowest BCUT2D eigenvalue weighted by atomic mass is 9.68. The summed E-state index contributed by atoms with van der Waals surface area (Å²) in [5.74, 6) is 0. The van der Waals surface area contributed by atoms with Gasteiger partial charge in [0.2, 0.25) is 0 Å². The fraction of sp³-hybridized carbons (Fsp3) is 0.407. The lowest BCUT2D eigenvalue weighted by Crippen LogP contribution is -2.27. The van der Waals surface area contributed by atoms with Crippen LogP contribution in [0.4, 0.5) is 0 Å². The largest absolute Gasteiger partial charge is 0.0654 e. The average Bonchev–Trinajstić information content (AvgIpc) is 1.51. The van der Waals surface area contributed by atoms with E-state index in [0.29, 0.717) is 0 Å². The standard InChI is InChI=1S/C118H134/c1-15-19-23-27-31-43-67-117(68-44-32-28-24-20-16-2)105-75-98-96-74-104-100(112-92-54-42-38-50-88(92)94(72-110(112)116(104,13)14)82-61-57-80(58-62-82)84-64-66-102(114(8,9)10)90-52-40-36-48-86(84)90)78-108(96)118(69-45-33-29-25-21-17-3,70-46-34-30-26-22-18-4)106(98)76-97(105)95-73-103-99(77-107(95)117)111-91-53-41-37-49-87(91)93(71-109(111)115(103,11)12)81-59-55-79(56-60-81)83-63-65-101(113(5,6)7)89-51-39-35-47-85(83)89/h35-42,47-66,71-78H,15-34,43-46,67-70H2,1-14H3. The summed E-state index contributed by atoms with van der Waals surface area (Å²) in [6.45, 7) is 33.9. The molecule has 0 radical (unpaired) electrons. The summed E-state index contributed by atoms with van der Waals surface area (Å²) >= 11 is 0. The highest BCUT2D eigenvalue weighted by Crippen LogP contribution is 2.66. The molecule has 0 spiro atoms. The third-order valence-corrected chi connectivity index (χ3v) is 29.7. The first kappa shape index (κ1) is 81.3. The van der Waals surface area contributed by atoms with Crippen molar-refractivity contribution in [2.45, 2.75) is 309 Å². The van der Waals surface area contributed by atoms with Crippen LogP contribution in [0.25, 0.3) is 132 Å². The molecule has 17 rings (SSSR count). The first-order valence-corrected chi connectivity index (χ1v) is 47.1. The molecule has 0 atom stereocenters. The molecule has 0 heterocycles. The second kappa shape index (κ2) is 33.1. The van der Waals surface area contributed by atoms with Crippen molar-refractivity contribution in [3.63, 3.8) is 0 Å². The Morgan fingerprint density at radius 2 is 0.432 bits per heavy atom. The fourth-order valence-electron chi connectivity index (χ4n) is 23.3. The van der Waals surface area contributed by atoms with Crippen LogP contribution in [0.5, 0.6) is 0 Å². The molecule has 0 aromatic heterocycles. The van der Waals surface area contributed by atoms with Gasteiger partial charge < -0.3 is 0 Å². The molecule has 118 heavy (non-hydrogen) atoms. The van der Waals surface area contributed by atoms with E-state index in [-0.39, 0.29) is 32.5 Å². The zero-order valence-electron chi connectivity index (χ0n) is 74.6. The predicted octanol–water partition coefficient (Wildman–Crippen LogP) is 35.7. The van der Waals surface area contributed by atoms with E-state index in [1.165, 1.54) is 323 Å². The van der Waals surface area contributed by atoms with Crippen molar-refractivity contribution in [1.29, 1.82) is 0 Å². The first-order valence-electron chi connectivity index (χ1n) is 47.1. The molecule has 606 valence electrons. The van der Waals surface area contributed by atoms with E-state index in [1.54, 1.807) is 44.5 Å². The van der Waals surface area contributed by atoms with Crippen molar-refractivity contribution in [2.24, 2.45) is 0 Å². The number of unbranched alkanes of at least 4 members (excludes halogenated alkanes) is 20. The van der Waals surface area contributed by atoms with Gasteiger partial charge in [-0.2, -0.15) is 0 Å². The Morgan fingerprint density at radius 3 is 0.720 bits per heavy atom. The van der Waals surface area contributed by atoms with Crippen LogP contribution in [0.1, 0.15) is 332 Å². The van der Waals surface area contributed by atoms with Crippen molar-refractivity contribution in [1.82, 2.24) is 0 Å². The van der Waals surface area contributed by atoms with Gasteiger partial charge in [0.1, 0.15) is 0 Å². The minimum atomic E-state index is -0.253. The number of benzene rings is 13. The summed E-state index contributed by atoms with van der Waals surface area (Å²) in [7, 11) is 0. The quantitative estimate of drug-likeness (QED) is 0.0369. The molecule has 13 aromatic rings. The van der Waals surface area contributed by atoms with Crippen LogP contribution in [0.3, 0.4) is 0 Å². The number of hydrogen-bond donors (Lipinski definition) is 0. The van der Waals surface area contributed by atoms with Gasteiger partial charge in [-0.05, 0) is 273 Å². The Labute approximate surface area is 710 Å². The first-order chi connectivity index (χ1) is 57.2. The number of hydrogen-bond acceptors (Lipinski definition) is 0. The van der Waals surface area contributed by atoms with Gasteiger partial charge in [-0.25, -0.2) is 0 Å². The highest BCUT2D eigenvalue weighted by Gasteiger charge is 2.51. The Kier molecular flexibility index (Phi) is 22.8. The zero-order valence-corrected chi connectivity index (χ0v) is 74.6. The Hall–Kier alpha value is -9.10. The number of rotatable bonds is 32. The fourth-order valence-corrected chi connectivity index (χ4v) is 23.3. The van der Waals surface area contributed by atoms with Crippen LogP contribution in [0.15, 0.2) is 218 Å². The van der Waals surface area contributed by atoms with E-state index >= 15 is 0 Å². The molecule has 0 amide bonds. The van der Waals surface area contributed by atoms with Crippen LogP contribution < -0.4 is 0 Å². The molecule has 0 unspecified atom stereocenters. The summed E-state index contributed by atoms with van der Waals surface area (Å²) in [4.78, 5) is 0. The Bertz CT molecular complexity index is 5490. The normalized spacial score (nSPS) is 14.9. The molecule has 0 aliphatic heterocycles. The number of fused-ring (bicyclic) bond motifs is 18. The minimum absolute atomic E-state index is 0.0471. The highest BCUT2D eigenvalue weighted by molar-refractivity contribution is 6.12. The van der Waals surface area contributed by atoms with E-state index in [2.05, 4.69) is 315 Å². The molecular weight excluding hydrogens is 1420 g/mol. The Balaban J connectivity index is 0.835. The maximum absolute atomic E-state index is 2.95. The summed E-state index contributed by atoms with van der Waals surface area (Å²) in [5.41, 5.74) is 37.0. The maximum Gasteiger partial charge on any atom is 0.0215 e. The van der Waals surface area contributed by atoms with E-state index in [9.17, 15) is 0 Å². The molecule has 0 fully saturated rings. The van der Waals surface area contributed by atoms with Crippen molar-refractivity contribution in [3.8, 4) is 89.0 Å². The lowest BCUT2D eigenvalue weighted by Gasteiger charge is -2.35. The van der Waals surface area contributed by atoms with Crippen LogP contribution >= 0.6 is 0 Å². The molecule has 0 heteroatoms. The second-order valence-electron chi connectivity index (χ2n) is 40.2. The van der Waals surface area contributed by atoms with E-state index in [4.69, 9.17) is 0 Å². The van der Waals surface area contributed by atoms with E-state index in [1.807, 2.05) is 0 Å². The Morgan fingerprint density at radius 1 is 0.203 bits per heavy atom. The van der Waals surface area contributed by atoms with Crippen LogP contribution in [0, 0.1) is 0 Å². The monoisotopic (exact) mass is 1550 g/mol. The van der Waals surface area contributed by atoms with Crippen LogP contribution in [-0.4, -0.2) is 0 Å². The predicted molar refractivity (Wildman–Crippen MR) is 515 cm³/mol. The molecule has 0 nitrogen and oxygen atoms in total.